The molecule has 3 aromatic carbocycles. The summed E-state index contributed by atoms with van der Waals surface area (Å²) in [7, 11) is 0. The van der Waals surface area contributed by atoms with Crippen LogP contribution in [0.3, 0.4) is 0 Å². The van der Waals surface area contributed by atoms with Crippen molar-refractivity contribution < 1.29 is 42.9 Å². The quantitative estimate of drug-likeness (QED) is 0.0255. The second-order valence-electron chi connectivity index (χ2n) is 22.9. The van der Waals surface area contributed by atoms with Gasteiger partial charge in [-0.1, -0.05) is 107 Å². The average Bonchev–Trinajstić information content (AvgIpc) is 3.23. The van der Waals surface area contributed by atoms with Crippen LogP contribution in [0.15, 0.2) is 83.9 Å². The molecule has 376 valence electrons. The van der Waals surface area contributed by atoms with E-state index in [1.165, 1.54) is 12.2 Å². The number of anilines is 6. The van der Waals surface area contributed by atoms with Crippen LogP contribution in [0.4, 0.5) is 34.9 Å². The van der Waals surface area contributed by atoms with E-state index in [9.17, 15) is 24.0 Å². The molecule has 0 bridgehead atoms. The highest BCUT2D eigenvalue weighted by Crippen LogP contribution is 2.25. The molecule has 0 saturated carbocycles. The predicted octanol–water partition coefficient (Wildman–Crippen LogP) is 10.8. The van der Waals surface area contributed by atoms with Crippen molar-refractivity contribution in [3.05, 3.63) is 101 Å². The molecule has 4 rings (SSSR count). The van der Waals surface area contributed by atoms with E-state index in [4.69, 9.17) is 18.9 Å². The van der Waals surface area contributed by atoms with Crippen molar-refractivity contribution in [2.45, 2.75) is 109 Å². The molecule has 70 heavy (non-hydrogen) atoms. The number of esters is 4. The topological polar surface area (TPSA) is 209 Å². The van der Waals surface area contributed by atoms with E-state index in [2.05, 4.69) is 36.2 Å². The van der Waals surface area contributed by atoms with Crippen LogP contribution >= 0.6 is 0 Å². The van der Waals surface area contributed by atoms with Crippen molar-refractivity contribution in [1.29, 1.82) is 0 Å². The van der Waals surface area contributed by atoms with E-state index in [1.54, 1.807) is 72.8 Å². The molecule has 0 unspecified atom stereocenters. The minimum Gasteiger partial charge on any atom is -0.461 e. The highest BCUT2D eigenvalue weighted by molar-refractivity contribution is 6.18. The van der Waals surface area contributed by atoms with Gasteiger partial charge in [-0.3, -0.25) is 4.79 Å². The predicted molar refractivity (Wildman–Crippen MR) is 274 cm³/mol. The molecular weight excluding hydrogens is 891 g/mol. The first-order chi connectivity index (χ1) is 32.3. The van der Waals surface area contributed by atoms with Crippen molar-refractivity contribution in [1.82, 2.24) is 20.3 Å². The van der Waals surface area contributed by atoms with E-state index in [0.29, 0.717) is 33.8 Å². The Morgan fingerprint density at radius 3 is 0.914 bits per heavy atom. The first-order valence-corrected chi connectivity index (χ1v) is 23.1. The number of carbonyl (C=O) groups excluding carboxylic acids is 5. The number of hydrogen-bond acceptors (Lipinski definition) is 15. The molecule has 0 aliphatic carbocycles. The maximum Gasteiger partial charge on any atom is 0.345 e. The Labute approximate surface area is 412 Å². The summed E-state index contributed by atoms with van der Waals surface area (Å²) < 4.78 is 22.0. The fourth-order valence-electron chi connectivity index (χ4n) is 5.55. The Morgan fingerprint density at radius 2 is 0.671 bits per heavy atom. The van der Waals surface area contributed by atoms with Gasteiger partial charge in [-0.2, -0.15) is 15.0 Å². The summed E-state index contributed by atoms with van der Waals surface area (Å²) in [5, 5.41) is 12.5. The molecule has 0 fully saturated rings. The minimum absolute atomic E-state index is 0.105. The van der Waals surface area contributed by atoms with Crippen molar-refractivity contribution in [3.8, 4) is 0 Å². The molecule has 16 nitrogen and oxygen atoms in total. The van der Waals surface area contributed by atoms with Crippen LogP contribution in [-0.2, 0) is 38.1 Å². The van der Waals surface area contributed by atoms with Crippen molar-refractivity contribution in [2.24, 2.45) is 21.7 Å². The zero-order chi connectivity index (χ0) is 52.2. The highest BCUT2D eigenvalue weighted by atomic mass is 16.6. The van der Waals surface area contributed by atoms with Crippen molar-refractivity contribution in [3.63, 3.8) is 0 Å². The van der Waals surface area contributed by atoms with Gasteiger partial charge < -0.3 is 40.2 Å². The monoisotopic (exact) mass is 962 g/mol. The van der Waals surface area contributed by atoms with E-state index < -0.39 is 29.4 Å². The van der Waals surface area contributed by atoms with Crippen LogP contribution in [0.5, 0.6) is 0 Å². The lowest BCUT2D eigenvalue weighted by molar-refractivity contribution is -0.151. The number of nitrogens with zero attached hydrogens (tertiary/aromatic N) is 3. The third-order valence-electron chi connectivity index (χ3n) is 8.91. The number of rotatable bonds is 17. The first-order valence-electron chi connectivity index (χ1n) is 23.1. The van der Waals surface area contributed by atoms with Crippen LogP contribution in [0.25, 0.3) is 12.2 Å². The van der Waals surface area contributed by atoms with Crippen LogP contribution < -0.4 is 21.3 Å². The number of amides is 1. The summed E-state index contributed by atoms with van der Waals surface area (Å²) in [6, 6.07) is 20.6. The number of nitrogens with one attached hydrogen (secondary N) is 4. The fourth-order valence-corrected chi connectivity index (χ4v) is 5.55. The van der Waals surface area contributed by atoms with Crippen LogP contribution in [0, 0.1) is 21.7 Å². The molecule has 0 aliphatic rings. The summed E-state index contributed by atoms with van der Waals surface area (Å²) in [6.45, 7) is 29.2. The smallest absolute Gasteiger partial charge is 0.345 e. The number of hydrogen-bond donors (Lipinski definition) is 4. The van der Waals surface area contributed by atoms with E-state index >= 15 is 0 Å². The van der Waals surface area contributed by atoms with E-state index in [0.717, 1.165) is 0 Å². The minimum atomic E-state index is -0.785. The van der Waals surface area contributed by atoms with E-state index in [-0.39, 0.29) is 83.0 Å². The number of carbonyl (C=O) groups is 5. The first kappa shape index (κ1) is 55.5. The molecule has 1 amide bonds. The summed E-state index contributed by atoms with van der Waals surface area (Å²) in [6.07, 6.45) is 2.87. The largest absolute Gasteiger partial charge is 0.461 e. The summed E-state index contributed by atoms with van der Waals surface area (Å²) in [5.41, 5.74) is 1.12. The molecule has 4 N–H and O–H groups in total. The molecule has 0 spiro atoms. The number of aromatic nitrogens is 3. The van der Waals surface area contributed by atoms with Crippen molar-refractivity contribution in [2.75, 3.05) is 42.4 Å². The molecule has 1 heterocycles. The van der Waals surface area contributed by atoms with Gasteiger partial charge in [-0.25, -0.2) is 19.2 Å². The zero-order valence-corrected chi connectivity index (χ0v) is 43.4. The lowest BCUT2D eigenvalue weighted by Crippen LogP contribution is -2.40. The molecular formula is C54H71N7O9. The van der Waals surface area contributed by atoms with E-state index in [1.807, 2.05) is 104 Å². The third kappa shape index (κ3) is 20.2. The Kier molecular flexibility index (Phi) is 18.2. The molecule has 16 heteroatoms. The second-order valence-corrected chi connectivity index (χ2v) is 22.9. The SMILES string of the molecule is CC(C)(C)COC(=O)C(=Cc1ccc(Nc2nc(Nc3ccc(C=C(C(=O)OCC(C)(C)C)C(=O)OCC(C)(C)C)cc3)nc(Nc3ccc(C(=O)NC(C)(C)C)cc3)n2)cc1)C(=O)OCC(C)(C)C. The maximum absolute atomic E-state index is 13.2. The Hall–Kier alpha value is -7.10. The summed E-state index contributed by atoms with van der Waals surface area (Å²) in [5.74, 6) is -2.90. The summed E-state index contributed by atoms with van der Waals surface area (Å²) in [4.78, 5) is 79.5. The van der Waals surface area contributed by atoms with Gasteiger partial charge in [-0.05, 0) is 114 Å². The third-order valence-corrected chi connectivity index (χ3v) is 8.91. The van der Waals surface area contributed by atoms with Gasteiger partial charge in [0, 0.05) is 28.2 Å². The Bertz CT molecular complexity index is 2330. The highest BCUT2D eigenvalue weighted by Gasteiger charge is 2.27. The van der Waals surface area contributed by atoms with Crippen molar-refractivity contribution >= 4 is 76.8 Å². The van der Waals surface area contributed by atoms with Gasteiger partial charge >= 0.3 is 23.9 Å². The zero-order valence-electron chi connectivity index (χ0n) is 43.4. The van der Waals surface area contributed by atoms with Gasteiger partial charge in [0.15, 0.2) is 0 Å². The molecule has 0 saturated heterocycles. The van der Waals surface area contributed by atoms with Gasteiger partial charge in [0.05, 0.1) is 26.4 Å². The Morgan fingerprint density at radius 1 is 0.414 bits per heavy atom. The Balaban J connectivity index is 1.66. The molecule has 4 aromatic rings. The number of ether oxygens (including phenoxy) is 4. The summed E-state index contributed by atoms with van der Waals surface area (Å²) >= 11 is 0. The van der Waals surface area contributed by atoms with Gasteiger partial charge in [0.25, 0.3) is 5.91 Å². The van der Waals surface area contributed by atoms with Crippen LogP contribution in [0.2, 0.25) is 0 Å². The fraction of sp³-hybridized carbons (Fsp3) is 0.444. The number of benzene rings is 3. The van der Waals surface area contributed by atoms with Crippen LogP contribution in [0.1, 0.15) is 125 Å². The lowest BCUT2D eigenvalue weighted by Gasteiger charge is -2.20. The average molecular weight is 962 g/mol. The molecule has 0 radical (unpaired) electrons. The second kappa shape index (κ2) is 23.0. The standard InChI is InChI=1S/C54H71N7O9/c1-50(2,3)30-67-43(63)40(44(64)68-31-51(4,5)6)28-34-16-22-37(23-17-34)55-47-58-48(60-49(59-47)57-39-26-20-36(21-27-39)42(62)61-54(13,14)15)56-38-24-18-35(19-25-38)29-41(45(65)69-32-52(7,8)9)46(66)70-33-53(10,11)12/h16-29H,30-33H2,1-15H3,(H,61,62)(H3,55,56,57,58,59,60). The van der Waals surface area contributed by atoms with Gasteiger partial charge in [-0.15, -0.1) is 0 Å². The van der Waals surface area contributed by atoms with Gasteiger partial charge in [0.2, 0.25) is 17.8 Å². The van der Waals surface area contributed by atoms with Gasteiger partial charge in [0.1, 0.15) is 11.1 Å². The molecule has 0 atom stereocenters. The van der Waals surface area contributed by atoms with Crippen LogP contribution in [-0.4, -0.2) is 76.7 Å². The maximum atomic E-state index is 13.2. The molecule has 1 aromatic heterocycles. The lowest BCUT2D eigenvalue weighted by atomic mass is 9.98. The normalized spacial score (nSPS) is 11.9. The molecule has 0 aliphatic heterocycles.